The van der Waals surface area contributed by atoms with E-state index in [0.717, 1.165) is 24.3 Å². The lowest BCUT2D eigenvalue weighted by atomic mass is 10.0. The van der Waals surface area contributed by atoms with E-state index in [-0.39, 0.29) is 6.04 Å². The Labute approximate surface area is 95.9 Å². The van der Waals surface area contributed by atoms with Gasteiger partial charge in [0.05, 0.1) is 12.3 Å². The minimum atomic E-state index is 0.0926. The summed E-state index contributed by atoms with van der Waals surface area (Å²) in [5.74, 6) is 6.22. The van der Waals surface area contributed by atoms with E-state index in [1.165, 1.54) is 6.42 Å². The molecule has 0 aliphatic carbocycles. The first-order chi connectivity index (χ1) is 7.15. The first-order valence-electron chi connectivity index (χ1n) is 5.34. The van der Waals surface area contributed by atoms with E-state index in [0.29, 0.717) is 5.22 Å². The van der Waals surface area contributed by atoms with Crippen molar-refractivity contribution < 1.29 is 4.42 Å². The molecule has 0 bridgehead atoms. The molecule has 0 spiro atoms. The maximum absolute atomic E-state index is 5.89. The third-order valence-electron chi connectivity index (χ3n) is 2.50. The van der Waals surface area contributed by atoms with Gasteiger partial charge in [0.25, 0.3) is 0 Å². The van der Waals surface area contributed by atoms with Crippen LogP contribution in [0.15, 0.2) is 16.7 Å². The molecule has 0 aliphatic heterocycles. The van der Waals surface area contributed by atoms with Gasteiger partial charge in [-0.05, 0) is 30.0 Å². The Hall–Kier alpha value is -0.510. The monoisotopic (exact) mass is 230 g/mol. The van der Waals surface area contributed by atoms with Gasteiger partial charge in [-0.3, -0.25) is 11.3 Å². The molecule has 0 amide bonds. The van der Waals surface area contributed by atoms with Gasteiger partial charge in [0.15, 0.2) is 5.22 Å². The molecule has 1 atom stereocenters. The van der Waals surface area contributed by atoms with Crippen LogP contribution in [0.4, 0.5) is 0 Å². The van der Waals surface area contributed by atoms with Crippen molar-refractivity contribution in [3.63, 3.8) is 0 Å². The number of hydrogen-bond acceptors (Lipinski definition) is 3. The molecule has 1 unspecified atom stereocenters. The lowest BCUT2D eigenvalue weighted by molar-refractivity contribution is 0.451. The average Bonchev–Trinajstić information content (AvgIpc) is 2.59. The molecule has 3 nitrogen and oxygen atoms in total. The van der Waals surface area contributed by atoms with E-state index in [1.54, 1.807) is 6.26 Å². The number of hydrogen-bond donors (Lipinski definition) is 2. The van der Waals surface area contributed by atoms with E-state index in [4.69, 9.17) is 21.9 Å². The lowest BCUT2D eigenvalue weighted by Gasteiger charge is -2.15. The predicted octanol–water partition coefficient (Wildman–Crippen LogP) is 3.26. The molecule has 86 valence electrons. The van der Waals surface area contributed by atoms with Crippen molar-refractivity contribution in [2.24, 2.45) is 11.8 Å². The second kappa shape index (κ2) is 6.16. The number of nitrogens with one attached hydrogen (secondary N) is 1. The molecule has 1 aromatic rings. The summed E-state index contributed by atoms with van der Waals surface area (Å²) in [5.41, 5.74) is 3.72. The first kappa shape index (κ1) is 12.6. The summed E-state index contributed by atoms with van der Waals surface area (Å²) in [5, 5.41) is 0.433. The largest absolute Gasteiger partial charge is 0.453 e. The van der Waals surface area contributed by atoms with Crippen LogP contribution in [0.1, 0.15) is 44.7 Å². The van der Waals surface area contributed by atoms with Crippen molar-refractivity contribution >= 4 is 11.6 Å². The molecule has 1 heterocycles. The Morgan fingerprint density at radius 1 is 1.47 bits per heavy atom. The molecule has 3 N–H and O–H groups in total. The van der Waals surface area contributed by atoms with E-state index in [1.807, 2.05) is 6.07 Å². The summed E-state index contributed by atoms with van der Waals surface area (Å²) in [6, 6.07) is 1.96. The SMILES string of the molecule is CC(C)CCCC(NN)c1ccoc1Cl. The molecule has 0 fully saturated rings. The molecule has 0 radical (unpaired) electrons. The van der Waals surface area contributed by atoms with Crippen LogP contribution in [-0.4, -0.2) is 0 Å². The van der Waals surface area contributed by atoms with Crippen molar-refractivity contribution in [1.82, 2.24) is 5.43 Å². The summed E-state index contributed by atoms with van der Waals surface area (Å²) in [7, 11) is 0. The predicted molar refractivity (Wildman–Crippen MR) is 62.5 cm³/mol. The molecule has 4 heteroatoms. The Balaban J connectivity index is 2.46. The third-order valence-corrected chi connectivity index (χ3v) is 2.80. The fourth-order valence-electron chi connectivity index (χ4n) is 1.61. The highest BCUT2D eigenvalue weighted by Gasteiger charge is 2.15. The van der Waals surface area contributed by atoms with Crippen molar-refractivity contribution in [2.75, 3.05) is 0 Å². The highest BCUT2D eigenvalue weighted by atomic mass is 35.5. The molecular formula is C11H19ClN2O. The number of rotatable bonds is 6. The molecule has 0 aromatic carbocycles. The third kappa shape index (κ3) is 3.86. The Bertz CT molecular complexity index is 286. The van der Waals surface area contributed by atoms with Gasteiger partial charge in [-0.2, -0.15) is 0 Å². The van der Waals surface area contributed by atoms with Gasteiger partial charge < -0.3 is 4.42 Å². The van der Waals surface area contributed by atoms with Crippen LogP contribution in [-0.2, 0) is 0 Å². The number of hydrazine groups is 1. The van der Waals surface area contributed by atoms with Crippen molar-refractivity contribution in [3.8, 4) is 0 Å². The maximum Gasteiger partial charge on any atom is 0.197 e. The molecule has 1 rings (SSSR count). The molecule has 0 saturated heterocycles. The average molecular weight is 231 g/mol. The second-order valence-corrected chi connectivity index (χ2v) is 4.54. The van der Waals surface area contributed by atoms with Crippen molar-refractivity contribution in [3.05, 3.63) is 23.1 Å². The minimum Gasteiger partial charge on any atom is -0.453 e. The van der Waals surface area contributed by atoms with Gasteiger partial charge >= 0.3 is 0 Å². The van der Waals surface area contributed by atoms with Crippen LogP contribution in [0, 0.1) is 5.92 Å². The fourth-order valence-corrected chi connectivity index (χ4v) is 1.86. The Morgan fingerprint density at radius 3 is 2.67 bits per heavy atom. The quantitative estimate of drug-likeness (QED) is 0.583. The molecule has 15 heavy (non-hydrogen) atoms. The van der Waals surface area contributed by atoms with Gasteiger partial charge in [-0.25, -0.2) is 0 Å². The smallest absolute Gasteiger partial charge is 0.197 e. The van der Waals surface area contributed by atoms with Gasteiger partial charge in [-0.1, -0.05) is 26.7 Å². The zero-order chi connectivity index (χ0) is 11.3. The minimum absolute atomic E-state index is 0.0926. The Morgan fingerprint density at radius 2 is 2.20 bits per heavy atom. The van der Waals surface area contributed by atoms with Crippen molar-refractivity contribution in [1.29, 1.82) is 0 Å². The lowest BCUT2D eigenvalue weighted by Crippen LogP contribution is -2.27. The summed E-state index contributed by atoms with van der Waals surface area (Å²) < 4.78 is 5.04. The van der Waals surface area contributed by atoms with Gasteiger partial charge in [0.1, 0.15) is 0 Å². The van der Waals surface area contributed by atoms with E-state index in [2.05, 4.69) is 19.3 Å². The zero-order valence-electron chi connectivity index (χ0n) is 9.29. The molecular weight excluding hydrogens is 212 g/mol. The topological polar surface area (TPSA) is 51.2 Å². The van der Waals surface area contributed by atoms with Gasteiger partial charge in [0.2, 0.25) is 0 Å². The summed E-state index contributed by atoms with van der Waals surface area (Å²) in [4.78, 5) is 0. The standard InChI is InChI=1S/C11H19ClN2O/c1-8(2)4-3-5-10(14-13)9-6-7-15-11(9)12/h6-8,10,14H,3-5,13H2,1-2H3. The maximum atomic E-state index is 5.89. The van der Waals surface area contributed by atoms with Crippen LogP contribution >= 0.6 is 11.6 Å². The van der Waals surface area contributed by atoms with Gasteiger partial charge in [0, 0.05) is 5.56 Å². The highest BCUT2D eigenvalue weighted by Crippen LogP contribution is 2.27. The number of furan rings is 1. The number of halogens is 1. The Kier molecular flexibility index (Phi) is 5.15. The molecule has 1 aromatic heterocycles. The number of nitrogens with two attached hydrogens (primary N) is 1. The van der Waals surface area contributed by atoms with Crippen LogP contribution in [0.25, 0.3) is 0 Å². The molecule has 0 saturated carbocycles. The van der Waals surface area contributed by atoms with E-state index >= 15 is 0 Å². The second-order valence-electron chi connectivity index (χ2n) is 4.19. The van der Waals surface area contributed by atoms with Crippen LogP contribution in [0.2, 0.25) is 5.22 Å². The summed E-state index contributed by atoms with van der Waals surface area (Å²) in [6.45, 7) is 4.44. The summed E-state index contributed by atoms with van der Waals surface area (Å²) in [6.07, 6.45) is 4.90. The fraction of sp³-hybridized carbons (Fsp3) is 0.636. The zero-order valence-corrected chi connectivity index (χ0v) is 10.1. The van der Waals surface area contributed by atoms with Crippen LogP contribution in [0.3, 0.4) is 0 Å². The van der Waals surface area contributed by atoms with E-state index in [9.17, 15) is 0 Å². The van der Waals surface area contributed by atoms with Gasteiger partial charge in [-0.15, -0.1) is 0 Å². The molecule has 0 aliphatic rings. The van der Waals surface area contributed by atoms with Crippen molar-refractivity contribution in [2.45, 2.75) is 39.2 Å². The van der Waals surface area contributed by atoms with E-state index < -0.39 is 0 Å². The first-order valence-corrected chi connectivity index (χ1v) is 5.72. The van der Waals surface area contributed by atoms with Crippen LogP contribution < -0.4 is 11.3 Å². The normalized spacial score (nSPS) is 13.4. The highest BCUT2D eigenvalue weighted by molar-refractivity contribution is 6.29. The summed E-state index contributed by atoms with van der Waals surface area (Å²) >= 11 is 5.89. The van der Waals surface area contributed by atoms with Crippen LogP contribution in [0.5, 0.6) is 0 Å².